The third-order valence-corrected chi connectivity index (χ3v) is 3.47. The molecule has 16 heavy (non-hydrogen) atoms. The van der Waals surface area contributed by atoms with E-state index in [2.05, 4.69) is 22.6 Å². The van der Waals surface area contributed by atoms with Gasteiger partial charge in [-0.2, -0.15) is 4.37 Å². The number of aryl methyl sites for hydroxylation is 2. The molecule has 1 N–H and O–H groups in total. The van der Waals surface area contributed by atoms with Gasteiger partial charge in [-0.3, -0.25) is 4.79 Å². The topological polar surface area (TPSA) is 50.2 Å². The molecule has 3 nitrogen and oxygen atoms in total. The van der Waals surface area contributed by atoms with E-state index in [0.717, 1.165) is 12.1 Å². The number of hydrogen-bond acceptors (Lipinski definition) is 3. The van der Waals surface area contributed by atoms with Crippen LogP contribution in [-0.2, 0) is 11.2 Å². The Kier molecular flexibility index (Phi) is 3.19. The van der Waals surface area contributed by atoms with Gasteiger partial charge in [-0.25, -0.2) is 0 Å². The predicted molar refractivity (Wildman–Crippen MR) is 64.9 cm³/mol. The minimum atomic E-state index is -0.727. The lowest BCUT2D eigenvalue weighted by atomic mass is 10.1. The molecule has 0 unspecified atom stereocenters. The lowest BCUT2D eigenvalue weighted by molar-refractivity contribution is -0.137. The predicted octanol–water partition coefficient (Wildman–Crippen LogP) is 3.01. The smallest absolute Gasteiger partial charge is 0.303 e. The van der Waals surface area contributed by atoms with E-state index in [1.54, 1.807) is 0 Å². The second-order valence-corrected chi connectivity index (χ2v) is 4.65. The Morgan fingerprint density at radius 1 is 1.50 bits per heavy atom. The standard InChI is InChI=1S/C12H13NO2S/c1-8-10-6-5-9(3-2-4-12(14)15)7-11(10)16-13-8/h5-7H,2-4H2,1H3,(H,14,15). The fourth-order valence-corrected chi connectivity index (χ4v) is 2.56. The van der Waals surface area contributed by atoms with E-state index < -0.39 is 5.97 Å². The van der Waals surface area contributed by atoms with Gasteiger partial charge in [0.25, 0.3) is 0 Å². The quantitative estimate of drug-likeness (QED) is 0.886. The van der Waals surface area contributed by atoms with E-state index in [9.17, 15) is 4.79 Å². The molecule has 0 radical (unpaired) electrons. The number of aromatic nitrogens is 1. The maximum Gasteiger partial charge on any atom is 0.303 e. The van der Waals surface area contributed by atoms with Gasteiger partial charge in [0.1, 0.15) is 0 Å². The number of benzene rings is 1. The Morgan fingerprint density at radius 3 is 3.06 bits per heavy atom. The van der Waals surface area contributed by atoms with Crippen LogP contribution in [0.15, 0.2) is 18.2 Å². The summed E-state index contributed by atoms with van der Waals surface area (Å²) in [6.07, 6.45) is 1.75. The van der Waals surface area contributed by atoms with Crippen molar-refractivity contribution in [3.63, 3.8) is 0 Å². The van der Waals surface area contributed by atoms with Crippen LogP contribution in [0.2, 0.25) is 0 Å². The Labute approximate surface area is 97.9 Å². The zero-order valence-corrected chi connectivity index (χ0v) is 9.88. The zero-order valence-electron chi connectivity index (χ0n) is 9.06. The van der Waals surface area contributed by atoms with Crippen LogP contribution in [0, 0.1) is 6.92 Å². The molecule has 0 aliphatic rings. The molecule has 84 valence electrons. The summed E-state index contributed by atoms with van der Waals surface area (Å²) in [5.41, 5.74) is 2.26. The highest BCUT2D eigenvalue weighted by Crippen LogP contribution is 2.23. The number of carbonyl (C=O) groups is 1. The van der Waals surface area contributed by atoms with Gasteiger partial charge >= 0.3 is 5.97 Å². The molecule has 1 aromatic heterocycles. The fraction of sp³-hybridized carbons (Fsp3) is 0.333. The summed E-state index contributed by atoms with van der Waals surface area (Å²) in [5.74, 6) is -0.727. The molecule has 2 aromatic rings. The van der Waals surface area contributed by atoms with Gasteiger partial charge in [0.15, 0.2) is 0 Å². The van der Waals surface area contributed by atoms with E-state index in [-0.39, 0.29) is 6.42 Å². The van der Waals surface area contributed by atoms with Crippen molar-refractivity contribution < 1.29 is 9.90 Å². The minimum Gasteiger partial charge on any atom is -0.481 e. The van der Waals surface area contributed by atoms with Crippen LogP contribution in [-0.4, -0.2) is 15.4 Å². The number of aliphatic carboxylic acids is 1. The van der Waals surface area contributed by atoms with Gasteiger partial charge in [-0.1, -0.05) is 12.1 Å². The van der Waals surface area contributed by atoms with E-state index in [0.29, 0.717) is 6.42 Å². The van der Waals surface area contributed by atoms with Crippen LogP contribution in [0.5, 0.6) is 0 Å². The largest absolute Gasteiger partial charge is 0.481 e. The minimum absolute atomic E-state index is 0.236. The lowest BCUT2D eigenvalue weighted by Gasteiger charge is -1.99. The third-order valence-electron chi connectivity index (χ3n) is 2.57. The average Bonchev–Trinajstić information content (AvgIpc) is 2.60. The summed E-state index contributed by atoms with van der Waals surface area (Å²) in [6.45, 7) is 2.00. The van der Waals surface area contributed by atoms with E-state index >= 15 is 0 Å². The molecule has 0 atom stereocenters. The molecule has 0 amide bonds. The highest BCUT2D eigenvalue weighted by atomic mass is 32.1. The van der Waals surface area contributed by atoms with Crippen LogP contribution in [0.1, 0.15) is 24.1 Å². The summed E-state index contributed by atoms with van der Waals surface area (Å²) < 4.78 is 5.48. The molecular weight excluding hydrogens is 222 g/mol. The van der Waals surface area contributed by atoms with Crippen molar-refractivity contribution in [3.05, 3.63) is 29.5 Å². The van der Waals surface area contributed by atoms with Crippen LogP contribution in [0.25, 0.3) is 10.1 Å². The highest BCUT2D eigenvalue weighted by molar-refractivity contribution is 7.13. The van der Waals surface area contributed by atoms with E-state index in [1.165, 1.54) is 27.2 Å². The first kappa shape index (κ1) is 11.1. The van der Waals surface area contributed by atoms with Gasteiger partial charge in [0, 0.05) is 11.8 Å². The second kappa shape index (κ2) is 4.61. The summed E-state index contributed by atoms with van der Waals surface area (Å²) in [4.78, 5) is 10.4. The number of hydrogen-bond donors (Lipinski definition) is 1. The fourth-order valence-electron chi connectivity index (χ4n) is 1.71. The molecule has 0 aliphatic heterocycles. The number of rotatable bonds is 4. The Morgan fingerprint density at radius 2 is 2.31 bits per heavy atom. The lowest BCUT2D eigenvalue weighted by Crippen LogP contribution is -1.95. The molecule has 2 rings (SSSR count). The monoisotopic (exact) mass is 235 g/mol. The first-order valence-corrected chi connectivity index (χ1v) is 6.01. The van der Waals surface area contributed by atoms with Crippen molar-refractivity contribution in [2.75, 3.05) is 0 Å². The van der Waals surface area contributed by atoms with E-state index in [1.807, 2.05) is 6.92 Å². The van der Waals surface area contributed by atoms with Crippen LogP contribution < -0.4 is 0 Å². The molecule has 1 aromatic carbocycles. The van der Waals surface area contributed by atoms with Gasteiger partial charge in [0.05, 0.1) is 10.4 Å². The van der Waals surface area contributed by atoms with Crippen molar-refractivity contribution in [3.8, 4) is 0 Å². The summed E-state index contributed by atoms with van der Waals surface area (Å²) in [5, 5.41) is 9.76. The van der Waals surface area contributed by atoms with Crippen molar-refractivity contribution in [1.29, 1.82) is 0 Å². The summed E-state index contributed by atoms with van der Waals surface area (Å²) in [6, 6.07) is 6.25. The molecule has 0 aliphatic carbocycles. The molecule has 4 heteroatoms. The number of carboxylic acids is 1. The van der Waals surface area contributed by atoms with Crippen LogP contribution in [0.3, 0.4) is 0 Å². The summed E-state index contributed by atoms with van der Waals surface area (Å²) >= 11 is 1.50. The Bertz CT molecular complexity index is 519. The normalized spacial score (nSPS) is 10.8. The Hall–Kier alpha value is -1.42. The first-order chi connectivity index (χ1) is 7.66. The second-order valence-electron chi connectivity index (χ2n) is 3.85. The molecule has 0 spiro atoms. The van der Waals surface area contributed by atoms with Gasteiger partial charge in [-0.15, -0.1) is 0 Å². The SMILES string of the molecule is Cc1nsc2cc(CCCC(=O)O)ccc12. The highest BCUT2D eigenvalue weighted by Gasteiger charge is 2.03. The number of nitrogens with zero attached hydrogens (tertiary/aromatic N) is 1. The first-order valence-electron chi connectivity index (χ1n) is 5.23. The molecular formula is C12H13NO2S. The van der Waals surface area contributed by atoms with Crippen molar-refractivity contribution in [2.45, 2.75) is 26.2 Å². The molecule has 1 heterocycles. The van der Waals surface area contributed by atoms with Gasteiger partial charge in [0.2, 0.25) is 0 Å². The van der Waals surface area contributed by atoms with Crippen molar-refractivity contribution in [2.24, 2.45) is 0 Å². The van der Waals surface area contributed by atoms with Crippen molar-refractivity contribution in [1.82, 2.24) is 4.37 Å². The maximum absolute atomic E-state index is 10.4. The van der Waals surface area contributed by atoms with Gasteiger partial charge in [-0.05, 0) is 42.9 Å². The molecule has 0 fully saturated rings. The maximum atomic E-state index is 10.4. The van der Waals surface area contributed by atoms with Crippen molar-refractivity contribution >= 4 is 27.6 Å². The van der Waals surface area contributed by atoms with Crippen LogP contribution in [0.4, 0.5) is 0 Å². The zero-order chi connectivity index (χ0) is 11.5. The number of carboxylic acid groups (broad SMARTS) is 1. The Balaban J connectivity index is 2.11. The summed E-state index contributed by atoms with van der Waals surface area (Å²) in [7, 11) is 0. The molecule has 0 bridgehead atoms. The number of fused-ring (bicyclic) bond motifs is 1. The van der Waals surface area contributed by atoms with E-state index in [4.69, 9.17) is 5.11 Å². The molecule has 0 saturated heterocycles. The van der Waals surface area contributed by atoms with Gasteiger partial charge < -0.3 is 5.11 Å². The van der Waals surface area contributed by atoms with Crippen LogP contribution >= 0.6 is 11.5 Å². The third kappa shape index (κ3) is 2.39. The molecule has 0 saturated carbocycles. The average molecular weight is 235 g/mol.